The van der Waals surface area contributed by atoms with Gasteiger partial charge in [0.1, 0.15) is 19.3 Å². The zero-order valence-electron chi connectivity index (χ0n) is 37.8. The summed E-state index contributed by atoms with van der Waals surface area (Å²) in [7, 11) is 0. The average Bonchev–Trinajstić information content (AvgIpc) is 3.21. The number of carboxylic acid groups (broad SMARTS) is 2. The van der Waals surface area contributed by atoms with Gasteiger partial charge in [0.25, 0.3) is 0 Å². The zero-order valence-corrected chi connectivity index (χ0v) is 37.8. The minimum Gasteiger partial charge on any atom is -0.481 e. The van der Waals surface area contributed by atoms with E-state index in [1.165, 1.54) is 57.8 Å². The second-order valence-electron chi connectivity index (χ2n) is 15.9. The zero-order chi connectivity index (χ0) is 45.4. The molecule has 0 aliphatic rings. The third kappa shape index (κ3) is 34.3. The summed E-state index contributed by atoms with van der Waals surface area (Å²) in [6.45, 7) is 4.34. The van der Waals surface area contributed by atoms with Gasteiger partial charge in [-0.2, -0.15) is 0 Å². The van der Waals surface area contributed by atoms with Crippen LogP contribution in [0, 0.1) is 0 Å². The SMILES string of the molecule is CCCCCC=CCC=CCCCCCCCC(=O)OC(COC(=O)CCCCCCCC=CCCCCCCCC)COC(=O)CC(CC(=O)O)(OC(=O)C(C)O)C(=O)O. The fourth-order valence-electron chi connectivity index (χ4n) is 6.36. The molecule has 0 bridgehead atoms. The molecular weight excluding hydrogens is 785 g/mol. The number of aliphatic hydroxyl groups excluding tert-OH is 1. The van der Waals surface area contributed by atoms with Crippen LogP contribution in [0.1, 0.15) is 201 Å². The lowest BCUT2D eigenvalue weighted by atomic mass is 9.95. The standard InChI is InChI=1S/C48H80O13/c1-4-6-8-10-12-14-16-18-20-22-24-26-28-30-32-34-43(52)58-38-41(39-59-45(54)37-48(47(56)57,36-42(50)51)61-46(55)40(3)49)60-44(53)35-33-31-29-27-25-23-21-19-17-15-13-11-9-7-5-2/h13,15,18-21,40-41,49H,4-12,14,16-17,22-39H2,1-3H3,(H,50,51)(H,56,57). The number of carbonyl (C=O) groups excluding carboxylic acids is 4. The van der Waals surface area contributed by atoms with E-state index in [4.69, 9.17) is 18.9 Å². The molecule has 13 nitrogen and oxygen atoms in total. The van der Waals surface area contributed by atoms with Crippen molar-refractivity contribution >= 4 is 35.8 Å². The van der Waals surface area contributed by atoms with Crippen molar-refractivity contribution < 1.29 is 63.0 Å². The van der Waals surface area contributed by atoms with Crippen LogP contribution in [0.2, 0.25) is 0 Å². The highest BCUT2D eigenvalue weighted by Gasteiger charge is 2.48. The molecule has 3 atom stereocenters. The van der Waals surface area contributed by atoms with E-state index in [1.54, 1.807) is 0 Å². The number of hydrogen-bond donors (Lipinski definition) is 3. The van der Waals surface area contributed by atoms with E-state index in [1.807, 2.05) is 0 Å². The Morgan fingerprint density at radius 1 is 0.525 bits per heavy atom. The highest BCUT2D eigenvalue weighted by atomic mass is 16.6. The number of allylic oxidation sites excluding steroid dienone is 6. The van der Waals surface area contributed by atoms with E-state index < -0.39 is 79.7 Å². The minimum atomic E-state index is -2.87. The number of ether oxygens (including phenoxy) is 4. The molecule has 0 saturated carbocycles. The minimum absolute atomic E-state index is 0.0772. The van der Waals surface area contributed by atoms with Gasteiger partial charge in [0.15, 0.2) is 6.10 Å². The van der Waals surface area contributed by atoms with Gasteiger partial charge in [-0.15, -0.1) is 0 Å². The fourth-order valence-corrected chi connectivity index (χ4v) is 6.36. The maximum atomic E-state index is 12.8. The van der Waals surface area contributed by atoms with E-state index in [9.17, 15) is 44.1 Å². The molecule has 0 amide bonds. The van der Waals surface area contributed by atoms with Gasteiger partial charge in [-0.3, -0.25) is 19.2 Å². The highest BCUT2D eigenvalue weighted by Crippen LogP contribution is 2.24. The van der Waals surface area contributed by atoms with E-state index >= 15 is 0 Å². The summed E-state index contributed by atoms with van der Waals surface area (Å²) in [5.74, 6) is -7.48. The molecule has 0 aromatic heterocycles. The van der Waals surface area contributed by atoms with Crippen molar-refractivity contribution in [2.45, 2.75) is 218 Å². The van der Waals surface area contributed by atoms with E-state index in [2.05, 4.69) is 50.3 Å². The Balaban J connectivity index is 4.95. The number of rotatable bonds is 41. The Bertz CT molecular complexity index is 1290. The summed E-state index contributed by atoms with van der Waals surface area (Å²) < 4.78 is 20.8. The smallest absolute Gasteiger partial charge is 0.349 e. The summed E-state index contributed by atoms with van der Waals surface area (Å²) in [6, 6.07) is 0. The maximum absolute atomic E-state index is 12.8. The van der Waals surface area contributed by atoms with Gasteiger partial charge in [0.2, 0.25) is 5.60 Å². The van der Waals surface area contributed by atoms with E-state index in [-0.39, 0.29) is 12.8 Å². The van der Waals surface area contributed by atoms with Crippen LogP contribution in [-0.2, 0) is 47.7 Å². The first-order chi connectivity index (χ1) is 29.4. The number of esters is 4. The summed E-state index contributed by atoms with van der Waals surface area (Å²) in [5, 5.41) is 28.6. The monoisotopic (exact) mass is 865 g/mol. The first kappa shape index (κ1) is 57.0. The molecule has 0 fully saturated rings. The lowest BCUT2D eigenvalue weighted by molar-refractivity contribution is -0.192. The highest BCUT2D eigenvalue weighted by molar-refractivity contribution is 5.91. The Kier molecular flexibility index (Phi) is 36.3. The number of unbranched alkanes of at least 4 members (excludes halogenated alkanes) is 19. The van der Waals surface area contributed by atoms with Gasteiger partial charge in [-0.1, -0.05) is 134 Å². The van der Waals surface area contributed by atoms with Gasteiger partial charge in [0, 0.05) is 12.8 Å². The van der Waals surface area contributed by atoms with Crippen LogP contribution in [0.5, 0.6) is 0 Å². The molecule has 3 unspecified atom stereocenters. The third-order valence-electron chi connectivity index (χ3n) is 10.0. The predicted octanol–water partition coefficient (Wildman–Crippen LogP) is 10.4. The molecule has 0 saturated heterocycles. The number of aliphatic hydroxyl groups is 1. The average molecular weight is 865 g/mol. The Hall–Kier alpha value is -4.00. The van der Waals surface area contributed by atoms with Crippen molar-refractivity contribution in [1.29, 1.82) is 0 Å². The van der Waals surface area contributed by atoms with Crippen LogP contribution in [0.15, 0.2) is 36.5 Å². The number of carbonyl (C=O) groups is 6. The van der Waals surface area contributed by atoms with Crippen LogP contribution in [0.4, 0.5) is 0 Å². The second-order valence-corrected chi connectivity index (χ2v) is 15.9. The summed E-state index contributed by atoms with van der Waals surface area (Å²) in [6.07, 6.45) is 33.7. The lowest BCUT2D eigenvalue weighted by Gasteiger charge is -2.27. The first-order valence-electron chi connectivity index (χ1n) is 23.2. The molecule has 350 valence electrons. The third-order valence-corrected chi connectivity index (χ3v) is 10.0. The Morgan fingerprint density at radius 2 is 0.934 bits per heavy atom. The van der Waals surface area contributed by atoms with Gasteiger partial charge in [0.05, 0.1) is 12.8 Å². The van der Waals surface area contributed by atoms with Crippen molar-refractivity contribution in [3.63, 3.8) is 0 Å². The van der Waals surface area contributed by atoms with Crippen LogP contribution in [0.3, 0.4) is 0 Å². The van der Waals surface area contributed by atoms with Crippen LogP contribution in [-0.4, -0.2) is 82.2 Å². The molecule has 0 heterocycles. The molecule has 0 radical (unpaired) electrons. The van der Waals surface area contributed by atoms with Crippen molar-refractivity contribution in [2.75, 3.05) is 13.2 Å². The molecule has 0 aliphatic carbocycles. The van der Waals surface area contributed by atoms with Gasteiger partial charge in [-0.05, 0) is 77.6 Å². The fraction of sp³-hybridized carbons (Fsp3) is 0.750. The van der Waals surface area contributed by atoms with Crippen LogP contribution < -0.4 is 0 Å². The molecule has 0 spiro atoms. The molecular formula is C48H80O13. The van der Waals surface area contributed by atoms with Crippen molar-refractivity contribution in [1.82, 2.24) is 0 Å². The molecule has 0 aromatic carbocycles. The van der Waals surface area contributed by atoms with Crippen molar-refractivity contribution in [2.24, 2.45) is 0 Å². The molecule has 0 aromatic rings. The van der Waals surface area contributed by atoms with Crippen LogP contribution in [0.25, 0.3) is 0 Å². The van der Waals surface area contributed by atoms with Crippen LogP contribution >= 0.6 is 0 Å². The molecule has 0 aliphatic heterocycles. The quantitative estimate of drug-likeness (QED) is 0.0227. The number of hydrogen-bond acceptors (Lipinski definition) is 11. The van der Waals surface area contributed by atoms with Gasteiger partial charge >= 0.3 is 35.8 Å². The number of aliphatic carboxylic acids is 2. The summed E-state index contributed by atoms with van der Waals surface area (Å²) >= 11 is 0. The second kappa shape index (κ2) is 38.9. The largest absolute Gasteiger partial charge is 0.481 e. The lowest BCUT2D eigenvalue weighted by Crippen LogP contribution is -2.49. The van der Waals surface area contributed by atoms with E-state index in [0.29, 0.717) is 12.8 Å². The Morgan fingerprint density at radius 3 is 1.41 bits per heavy atom. The molecule has 61 heavy (non-hydrogen) atoms. The number of carboxylic acids is 2. The molecule has 13 heteroatoms. The van der Waals surface area contributed by atoms with Gasteiger partial charge < -0.3 is 34.3 Å². The molecule has 0 rings (SSSR count). The summed E-state index contributed by atoms with van der Waals surface area (Å²) in [5.41, 5.74) is -2.87. The van der Waals surface area contributed by atoms with Crippen molar-refractivity contribution in [3.8, 4) is 0 Å². The predicted molar refractivity (Wildman–Crippen MR) is 236 cm³/mol. The normalized spacial score (nSPS) is 13.6. The first-order valence-corrected chi connectivity index (χ1v) is 23.2. The summed E-state index contributed by atoms with van der Waals surface area (Å²) in [4.78, 5) is 73.8. The maximum Gasteiger partial charge on any atom is 0.349 e. The van der Waals surface area contributed by atoms with Gasteiger partial charge in [-0.25, -0.2) is 9.59 Å². The topological polar surface area (TPSA) is 200 Å². The van der Waals surface area contributed by atoms with Crippen molar-refractivity contribution in [3.05, 3.63) is 36.5 Å². The molecule has 3 N–H and O–H groups in total. The Labute approximate surface area is 366 Å². The van der Waals surface area contributed by atoms with E-state index in [0.717, 1.165) is 90.4 Å².